The molecule has 4 nitrogen and oxygen atoms in total. The summed E-state index contributed by atoms with van der Waals surface area (Å²) in [6, 6.07) is 8.92. The Morgan fingerprint density at radius 1 is 1.31 bits per heavy atom. The largest absolute Gasteiger partial charge is 0.363 e. The summed E-state index contributed by atoms with van der Waals surface area (Å²) < 4.78 is 4.62. The number of carbonyl (C=O) groups is 1. The van der Waals surface area contributed by atoms with E-state index >= 15 is 0 Å². The third-order valence-corrected chi connectivity index (χ3v) is 2.70. The van der Waals surface area contributed by atoms with Crippen LogP contribution in [0.5, 0.6) is 0 Å². The monoisotopic (exact) mass is 280 g/mol. The number of amides is 1. The number of halogens is 1. The number of rotatable bonds is 3. The van der Waals surface area contributed by atoms with Gasteiger partial charge in [0, 0.05) is 17.0 Å². The number of benzene rings is 1. The molecule has 1 aromatic heterocycles. The van der Waals surface area contributed by atoms with Crippen LogP contribution in [0, 0.1) is 0 Å². The summed E-state index contributed by atoms with van der Waals surface area (Å²) in [4.78, 5) is 11.7. The van der Waals surface area contributed by atoms with Crippen molar-refractivity contribution in [2.75, 3.05) is 5.32 Å². The maximum absolute atomic E-state index is 11.7. The second kappa shape index (κ2) is 4.94. The highest BCUT2D eigenvalue weighted by molar-refractivity contribution is 9.08. The molecule has 0 bridgehead atoms. The van der Waals surface area contributed by atoms with Gasteiger partial charge in [-0.05, 0) is 17.7 Å². The molecule has 2 aromatic rings. The number of nitrogens with zero attached hydrogens (tertiary/aromatic N) is 1. The fourth-order valence-corrected chi connectivity index (χ4v) is 1.58. The van der Waals surface area contributed by atoms with Gasteiger partial charge in [0.2, 0.25) is 0 Å². The van der Waals surface area contributed by atoms with Crippen molar-refractivity contribution < 1.29 is 9.32 Å². The van der Waals surface area contributed by atoms with E-state index in [4.69, 9.17) is 0 Å². The Bertz CT molecular complexity index is 465. The molecule has 0 saturated heterocycles. The fourth-order valence-electron chi connectivity index (χ4n) is 1.21. The van der Waals surface area contributed by atoms with Crippen LogP contribution in [0.25, 0.3) is 0 Å². The molecule has 0 aliphatic heterocycles. The van der Waals surface area contributed by atoms with Crippen LogP contribution in [0.1, 0.15) is 15.9 Å². The second-order valence-corrected chi connectivity index (χ2v) is 3.73. The zero-order valence-corrected chi connectivity index (χ0v) is 9.90. The number of alkyl halides is 1. The lowest BCUT2D eigenvalue weighted by Gasteiger charge is -2.01. The minimum absolute atomic E-state index is 0.199. The summed E-state index contributed by atoms with van der Waals surface area (Å²) in [7, 11) is 0. The van der Waals surface area contributed by atoms with E-state index in [1.165, 1.54) is 6.26 Å². The number of carbonyl (C=O) groups excluding carboxylic acids is 1. The lowest BCUT2D eigenvalue weighted by atomic mass is 10.1. The first-order valence-electron chi connectivity index (χ1n) is 4.66. The predicted octanol–water partition coefficient (Wildman–Crippen LogP) is 2.82. The Balaban J connectivity index is 2.09. The Hall–Kier alpha value is -1.62. The van der Waals surface area contributed by atoms with Gasteiger partial charge in [-0.15, -0.1) is 0 Å². The van der Waals surface area contributed by atoms with E-state index < -0.39 is 0 Å². The molecule has 0 unspecified atom stereocenters. The first-order chi connectivity index (χ1) is 7.79. The van der Waals surface area contributed by atoms with Crippen LogP contribution in [0.15, 0.2) is 41.1 Å². The van der Waals surface area contributed by atoms with Crippen LogP contribution in [0.3, 0.4) is 0 Å². The molecule has 0 saturated carbocycles. The van der Waals surface area contributed by atoms with Gasteiger partial charge in [0.15, 0.2) is 5.82 Å². The maximum atomic E-state index is 11.7. The number of anilines is 1. The third kappa shape index (κ3) is 2.49. The zero-order valence-electron chi connectivity index (χ0n) is 8.31. The SMILES string of the molecule is O=C(Nc1ccon1)c1ccc(CBr)cc1. The van der Waals surface area contributed by atoms with Gasteiger partial charge in [-0.2, -0.15) is 0 Å². The van der Waals surface area contributed by atoms with Crippen molar-refractivity contribution in [2.45, 2.75) is 5.33 Å². The minimum atomic E-state index is -0.199. The zero-order chi connectivity index (χ0) is 11.4. The molecule has 0 spiro atoms. The maximum Gasteiger partial charge on any atom is 0.256 e. The van der Waals surface area contributed by atoms with Crippen molar-refractivity contribution in [1.29, 1.82) is 0 Å². The number of hydrogen-bond donors (Lipinski definition) is 1. The molecule has 0 radical (unpaired) electrons. The Labute approximate surface area is 101 Å². The molecular weight excluding hydrogens is 272 g/mol. The van der Waals surface area contributed by atoms with Crippen LogP contribution in [-0.2, 0) is 5.33 Å². The Morgan fingerprint density at radius 2 is 2.06 bits per heavy atom. The van der Waals surface area contributed by atoms with Crippen molar-refractivity contribution in [3.63, 3.8) is 0 Å². The smallest absolute Gasteiger partial charge is 0.256 e. The van der Waals surface area contributed by atoms with E-state index in [2.05, 4.69) is 30.9 Å². The first kappa shape index (κ1) is 10.9. The fraction of sp³-hybridized carbons (Fsp3) is 0.0909. The Kier molecular flexibility index (Phi) is 3.36. The highest BCUT2D eigenvalue weighted by Crippen LogP contribution is 2.10. The van der Waals surface area contributed by atoms with Gasteiger partial charge in [0.25, 0.3) is 5.91 Å². The second-order valence-electron chi connectivity index (χ2n) is 3.17. The quantitative estimate of drug-likeness (QED) is 0.880. The normalized spacial score (nSPS) is 10.1. The van der Waals surface area contributed by atoms with Crippen molar-refractivity contribution in [2.24, 2.45) is 0 Å². The first-order valence-corrected chi connectivity index (χ1v) is 5.78. The van der Waals surface area contributed by atoms with E-state index in [-0.39, 0.29) is 5.91 Å². The molecule has 5 heteroatoms. The van der Waals surface area contributed by atoms with Crippen LogP contribution < -0.4 is 5.32 Å². The molecule has 1 aromatic carbocycles. The minimum Gasteiger partial charge on any atom is -0.363 e. The summed E-state index contributed by atoms with van der Waals surface area (Å²) in [5.74, 6) is 0.213. The lowest BCUT2D eigenvalue weighted by Crippen LogP contribution is -2.11. The molecule has 2 rings (SSSR count). The van der Waals surface area contributed by atoms with Gasteiger partial charge < -0.3 is 9.84 Å². The number of hydrogen-bond acceptors (Lipinski definition) is 3. The van der Waals surface area contributed by atoms with E-state index in [0.29, 0.717) is 11.4 Å². The highest BCUT2D eigenvalue weighted by atomic mass is 79.9. The van der Waals surface area contributed by atoms with Crippen molar-refractivity contribution in [1.82, 2.24) is 5.16 Å². The summed E-state index contributed by atoms with van der Waals surface area (Å²) in [5, 5.41) is 7.00. The van der Waals surface area contributed by atoms with E-state index in [9.17, 15) is 4.79 Å². The number of aromatic nitrogens is 1. The summed E-state index contributed by atoms with van der Waals surface area (Å²) in [6.45, 7) is 0. The van der Waals surface area contributed by atoms with Crippen molar-refractivity contribution in [3.8, 4) is 0 Å². The topological polar surface area (TPSA) is 55.1 Å². The standard InChI is InChI=1S/C11H9BrN2O2/c12-7-8-1-3-9(4-2-8)11(15)13-10-5-6-16-14-10/h1-6H,7H2,(H,13,14,15). The average Bonchev–Trinajstić information content (AvgIpc) is 2.82. The van der Waals surface area contributed by atoms with Gasteiger partial charge in [0.1, 0.15) is 6.26 Å². The van der Waals surface area contributed by atoms with Crippen LogP contribution in [-0.4, -0.2) is 11.1 Å². The van der Waals surface area contributed by atoms with E-state index in [0.717, 1.165) is 10.9 Å². The molecule has 0 aliphatic carbocycles. The molecule has 1 N–H and O–H groups in total. The Morgan fingerprint density at radius 3 is 2.62 bits per heavy atom. The molecule has 0 fully saturated rings. The number of nitrogens with one attached hydrogen (secondary N) is 1. The van der Waals surface area contributed by atoms with Crippen molar-refractivity contribution in [3.05, 3.63) is 47.7 Å². The van der Waals surface area contributed by atoms with Crippen LogP contribution >= 0.6 is 15.9 Å². The van der Waals surface area contributed by atoms with Gasteiger partial charge >= 0.3 is 0 Å². The van der Waals surface area contributed by atoms with E-state index in [1.807, 2.05) is 12.1 Å². The molecule has 1 heterocycles. The highest BCUT2D eigenvalue weighted by Gasteiger charge is 2.06. The van der Waals surface area contributed by atoms with Crippen LogP contribution in [0.4, 0.5) is 5.82 Å². The van der Waals surface area contributed by atoms with E-state index in [1.54, 1.807) is 18.2 Å². The van der Waals surface area contributed by atoms with Crippen molar-refractivity contribution >= 4 is 27.7 Å². The molecular formula is C11H9BrN2O2. The third-order valence-electron chi connectivity index (χ3n) is 2.05. The molecule has 1 amide bonds. The van der Waals surface area contributed by atoms with Gasteiger partial charge in [-0.3, -0.25) is 4.79 Å². The average molecular weight is 281 g/mol. The van der Waals surface area contributed by atoms with Gasteiger partial charge in [-0.1, -0.05) is 33.2 Å². The predicted molar refractivity (Wildman–Crippen MR) is 63.5 cm³/mol. The van der Waals surface area contributed by atoms with Gasteiger partial charge in [-0.25, -0.2) is 0 Å². The molecule has 0 aliphatic rings. The summed E-state index contributed by atoms with van der Waals surface area (Å²) in [5.41, 5.74) is 1.71. The van der Waals surface area contributed by atoms with Gasteiger partial charge in [0.05, 0.1) is 0 Å². The summed E-state index contributed by atoms with van der Waals surface area (Å²) in [6.07, 6.45) is 1.41. The lowest BCUT2D eigenvalue weighted by molar-refractivity contribution is 0.102. The molecule has 82 valence electrons. The van der Waals surface area contributed by atoms with Crippen LogP contribution in [0.2, 0.25) is 0 Å². The summed E-state index contributed by atoms with van der Waals surface area (Å²) >= 11 is 3.34. The molecule has 16 heavy (non-hydrogen) atoms. The molecule has 0 atom stereocenters.